The Morgan fingerprint density at radius 2 is 2.03 bits per heavy atom. The lowest BCUT2D eigenvalue weighted by molar-refractivity contribution is -0.142. The van der Waals surface area contributed by atoms with Gasteiger partial charge in [-0.15, -0.1) is 11.3 Å². The molecule has 1 aromatic rings. The molecule has 1 saturated heterocycles. The van der Waals surface area contributed by atoms with E-state index in [1.165, 1.54) is 23.2 Å². The second-order valence-electron chi connectivity index (χ2n) is 8.88. The molecule has 162 valence electrons. The molecule has 1 fully saturated rings. The summed E-state index contributed by atoms with van der Waals surface area (Å²) in [6.07, 6.45) is 1.80. The van der Waals surface area contributed by atoms with Gasteiger partial charge >= 0.3 is 12.1 Å². The standard InChI is InChI=1S/C20H31N3O5S/c1-11(2)9-14(22-12(3)24)16-13(17-21-7-8-29-17)10-15(18(25)26)23(16)19(27)28-20(4,5)6/h7-8,11,13-16H,9-10H2,1-6H3,(H,22,24)(H,25,26)/t13-,14+,15-,16-/m1/s1. The molecule has 2 rings (SSSR count). The topological polar surface area (TPSA) is 109 Å². The van der Waals surface area contributed by atoms with Crippen LogP contribution < -0.4 is 5.32 Å². The summed E-state index contributed by atoms with van der Waals surface area (Å²) in [5, 5.41) is 15.4. The lowest BCUT2D eigenvalue weighted by atomic mass is 9.88. The molecule has 1 aromatic heterocycles. The van der Waals surface area contributed by atoms with Gasteiger partial charge < -0.3 is 15.2 Å². The summed E-state index contributed by atoms with van der Waals surface area (Å²) in [5.74, 6) is -1.39. The zero-order valence-electron chi connectivity index (χ0n) is 17.8. The van der Waals surface area contributed by atoms with E-state index in [1.807, 2.05) is 19.2 Å². The van der Waals surface area contributed by atoms with Crippen molar-refractivity contribution in [2.45, 2.75) is 84.0 Å². The minimum absolute atomic E-state index is 0.223. The van der Waals surface area contributed by atoms with Crippen LogP contribution >= 0.6 is 11.3 Å². The first kappa shape index (κ1) is 23.1. The smallest absolute Gasteiger partial charge is 0.411 e. The summed E-state index contributed by atoms with van der Waals surface area (Å²) in [4.78, 5) is 42.8. The molecule has 9 heteroatoms. The molecule has 0 bridgehead atoms. The molecule has 0 unspecified atom stereocenters. The van der Waals surface area contributed by atoms with Crippen molar-refractivity contribution in [2.24, 2.45) is 5.92 Å². The van der Waals surface area contributed by atoms with E-state index in [2.05, 4.69) is 10.3 Å². The number of carbonyl (C=O) groups excluding carboxylic acids is 2. The molecule has 8 nitrogen and oxygen atoms in total. The number of aliphatic carboxylic acids is 1. The molecule has 2 heterocycles. The number of nitrogens with zero attached hydrogens (tertiary/aromatic N) is 2. The van der Waals surface area contributed by atoms with Gasteiger partial charge in [-0.05, 0) is 39.5 Å². The molecule has 1 aliphatic heterocycles. The zero-order valence-corrected chi connectivity index (χ0v) is 18.7. The van der Waals surface area contributed by atoms with Crippen LogP contribution in [0.5, 0.6) is 0 Å². The Morgan fingerprint density at radius 1 is 1.38 bits per heavy atom. The third-order valence-electron chi connectivity index (χ3n) is 4.73. The minimum Gasteiger partial charge on any atom is -0.480 e. The van der Waals surface area contributed by atoms with Crippen molar-refractivity contribution in [3.05, 3.63) is 16.6 Å². The minimum atomic E-state index is -1.09. The lowest BCUT2D eigenvalue weighted by Gasteiger charge is -2.37. The van der Waals surface area contributed by atoms with E-state index in [1.54, 1.807) is 27.0 Å². The maximum absolute atomic E-state index is 13.1. The average Bonchev–Trinajstić information content (AvgIpc) is 3.18. The van der Waals surface area contributed by atoms with Crippen LogP contribution in [0.4, 0.5) is 4.79 Å². The number of aromatic nitrogens is 1. The van der Waals surface area contributed by atoms with Gasteiger partial charge in [0.05, 0.1) is 17.1 Å². The first-order valence-electron chi connectivity index (χ1n) is 9.81. The van der Waals surface area contributed by atoms with Gasteiger partial charge in [-0.3, -0.25) is 9.69 Å². The van der Waals surface area contributed by atoms with E-state index < -0.39 is 35.8 Å². The summed E-state index contributed by atoms with van der Waals surface area (Å²) in [6, 6.07) is -2.03. The summed E-state index contributed by atoms with van der Waals surface area (Å²) < 4.78 is 5.55. The third-order valence-corrected chi connectivity index (χ3v) is 5.64. The number of ether oxygens (including phenoxy) is 1. The zero-order chi connectivity index (χ0) is 21.9. The summed E-state index contributed by atoms with van der Waals surface area (Å²) in [6.45, 7) is 10.7. The Hall–Kier alpha value is -2.16. The number of carboxylic acid groups (broad SMARTS) is 1. The second kappa shape index (κ2) is 9.11. The van der Waals surface area contributed by atoms with Gasteiger partial charge in [0.25, 0.3) is 0 Å². The molecule has 2 N–H and O–H groups in total. The van der Waals surface area contributed by atoms with Gasteiger partial charge in [0.1, 0.15) is 11.6 Å². The molecule has 0 aliphatic carbocycles. The number of thiazole rings is 1. The van der Waals surface area contributed by atoms with Crippen molar-refractivity contribution in [3.8, 4) is 0 Å². The highest BCUT2D eigenvalue weighted by Crippen LogP contribution is 2.42. The molecule has 0 aromatic carbocycles. The number of hydrogen-bond donors (Lipinski definition) is 2. The predicted octanol–water partition coefficient (Wildman–Crippen LogP) is 3.24. The number of carbonyl (C=O) groups is 3. The van der Waals surface area contributed by atoms with Crippen LogP contribution in [0.2, 0.25) is 0 Å². The van der Waals surface area contributed by atoms with Gasteiger partial charge in [-0.2, -0.15) is 0 Å². The Bertz CT molecular complexity index is 729. The fraction of sp³-hybridized carbons (Fsp3) is 0.700. The lowest BCUT2D eigenvalue weighted by Crippen LogP contribution is -2.56. The van der Waals surface area contributed by atoms with Crippen LogP contribution in [0, 0.1) is 5.92 Å². The van der Waals surface area contributed by atoms with Crippen LogP contribution in [-0.4, -0.2) is 56.7 Å². The monoisotopic (exact) mass is 425 g/mol. The maximum atomic E-state index is 13.1. The number of carboxylic acids is 1. The molecule has 1 aliphatic rings. The number of hydrogen-bond acceptors (Lipinski definition) is 6. The van der Waals surface area contributed by atoms with Crippen molar-refractivity contribution in [2.75, 3.05) is 0 Å². The van der Waals surface area contributed by atoms with Crippen LogP contribution in [0.25, 0.3) is 0 Å². The Labute approximate surface area is 175 Å². The molecular formula is C20H31N3O5S. The van der Waals surface area contributed by atoms with Gasteiger partial charge in [0, 0.05) is 24.4 Å². The third kappa shape index (κ3) is 5.91. The van der Waals surface area contributed by atoms with E-state index in [-0.39, 0.29) is 24.2 Å². The molecular weight excluding hydrogens is 394 g/mol. The van der Waals surface area contributed by atoms with Crippen molar-refractivity contribution < 1.29 is 24.2 Å². The highest BCUT2D eigenvalue weighted by molar-refractivity contribution is 7.09. The maximum Gasteiger partial charge on any atom is 0.411 e. The van der Waals surface area contributed by atoms with Crippen LogP contribution in [0.15, 0.2) is 11.6 Å². The fourth-order valence-corrected chi connectivity index (χ4v) is 4.66. The fourth-order valence-electron chi connectivity index (χ4n) is 3.87. The van der Waals surface area contributed by atoms with E-state index in [9.17, 15) is 19.5 Å². The molecule has 29 heavy (non-hydrogen) atoms. The van der Waals surface area contributed by atoms with E-state index in [0.717, 1.165) is 5.01 Å². The van der Waals surface area contributed by atoms with Crippen LogP contribution in [0.1, 0.15) is 65.3 Å². The SMILES string of the molecule is CC(=O)N[C@@H](CC(C)C)[C@H]1[C@H](c2nccs2)C[C@H](C(=O)O)N1C(=O)OC(C)(C)C. The normalized spacial score (nSPS) is 23.1. The largest absolute Gasteiger partial charge is 0.480 e. The first-order valence-corrected chi connectivity index (χ1v) is 10.7. The Morgan fingerprint density at radius 3 is 2.48 bits per heavy atom. The highest BCUT2D eigenvalue weighted by atomic mass is 32.1. The number of amides is 2. The molecule has 0 spiro atoms. The highest BCUT2D eigenvalue weighted by Gasteiger charge is 2.53. The summed E-state index contributed by atoms with van der Waals surface area (Å²) in [5.41, 5.74) is -0.772. The van der Waals surface area contributed by atoms with Crippen LogP contribution in [0.3, 0.4) is 0 Å². The van der Waals surface area contributed by atoms with Gasteiger partial charge in [0.15, 0.2) is 0 Å². The molecule has 0 saturated carbocycles. The molecule has 4 atom stereocenters. The first-order chi connectivity index (χ1) is 13.4. The van der Waals surface area contributed by atoms with Gasteiger partial charge in [0.2, 0.25) is 5.91 Å². The van der Waals surface area contributed by atoms with Crippen molar-refractivity contribution in [1.82, 2.24) is 15.2 Å². The van der Waals surface area contributed by atoms with Gasteiger partial charge in [-0.1, -0.05) is 13.8 Å². The quantitative estimate of drug-likeness (QED) is 0.724. The number of likely N-dealkylation sites (tertiary alicyclic amines) is 1. The van der Waals surface area contributed by atoms with Crippen molar-refractivity contribution in [1.29, 1.82) is 0 Å². The molecule has 2 amide bonds. The Kier molecular flexibility index (Phi) is 7.26. The Balaban J connectivity index is 2.53. The summed E-state index contributed by atoms with van der Waals surface area (Å²) in [7, 11) is 0. The van der Waals surface area contributed by atoms with Gasteiger partial charge in [-0.25, -0.2) is 14.6 Å². The summed E-state index contributed by atoms with van der Waals surface area (Å²) >= 11 is 1.42. The van der Waals surface area contributed by atoms with Crippen molar-refractivity contribution >= 4 is 29.3 Å². The number of rotatable bonds is 6. The van der Waals surface area contributed by atoms with E-state index in [0.29, 0.717) is 6.42 Å². The number of nitrogens with one attached hydrogen (secondary N) is 1. The second-order valence-corrected chi connectivity index (χ2v) is 9.81. The predicted molar refractivity (Wildman–Crippen MR) is 110 cm³/mol. The van der Waals surface area contributed by atoms with Crippen LogP contribution in [-0.2, 0) is 14.3 Å². The molecule has 0 radical (unpaired) electrons. The van der Waals surface area contributed by atoms with E-state index >= 15 is 0 Å². The average molecular weight is 426 g/mol. The van der Waals surface area contributed by atoms with Crippen molar-refractivity contribution in [3.63, 3.8) is 0 Å². The van der Waals surface area contributed by atoms with E-state index in [4.69, 9.17) is 4.74 Å².